The topological polar surface area (TPSA) is 50.2 Å². The molecule has 3 aromatic rings. The molecule has 0 aliphatic carbocycles. The summed E-state index contributed by atoms with van der Waals surface area (Å²) in [7, 11) is 0. The molecule has 1 aliphatic rings. The van der Waals surface area contributed by atoms with E-state index in [0.717, 1.165) is 61.8 Å². The Hall–Kier alpha value is -2.37. The number of aromatic nitrogens is 2. The van der Waals surface area contributed by atoms with Crippen LogP contribution in [0.5, 0.6) is 0 Å². The summed E-state index contributed by atoms with van der Waals surface area (Å²) in [5.41, 5.74) is 3.41. The summed E-state index contributed by atoms with van der Waals surface area (Å²) < 4.78 is 2.28. The molecule has 2 aromatic carbocycles. The molecule has 1 aliphatic heterocycles. The Balaban J connectivity index is 1.33. The minimum Gasteiger partial charge on any atom is -0.355 e. The molecule has 1 saturated heterocycles. The van der Waals surface area contributed by atoms with E-state index < -0.39 is 0 Å². The van der Waals surface area contributed by atoms with Gasteiger partial charge in [0.25, 0.3) is 0 Å². The number of nitrogens with one attached hydrogen (secondary N) is 1. The molecule has 1 N–H and O–H groups in total. The number of likely N-dealkylation sites (tertiary alicyclic amines) is 1. The molecule has 1 atom stereocenters. The highest BCUT2D eigenvalue weighted by Crippen LogP contribution is 2.21. The van der Waals surface area contributed by atoms with Gasteiger partial charge >= 0.3 is 0 Å². The van der Waals surface area contributed by atoms with Gasteiger partial charge < -0.3 is 9.88 Å². The van der Waals surface area contributed by atoms with Crippen molar-refractivity contribution in [1.29, 1.82) is 0 Å². The molecule has 6 heteroatoms. The molecule has 1 fully saturated rings. The fraction of sp³-hybridized carbons (Fsp3) is 0.417. The second-order valence-electron chi connectivity index (χ2n) is 8.00. The number of fused-ring (bicyclic) bond motifs is 1. The third-order valence-corrected chi connectivity index (χ3v) is 6.17. The smallest absolute Gasteiger partial charge is 0.224 e. The van der Waals surface area contributed by atoms with Gasteiger partial charge in [0.2, 0.25) is 5.91 Å². The Morgan fingerprint density at radius 2 is 2.00 bits per heavy atom. The number of hydrogen-bond acceptors (Lipinski definition) is 3. The van der Waals surface area contributed by atoms with Crippen LogP contribution in [0.4, 0.5) is 0 Å². The van der Waals surface area contributed by atoms with Crippen molar-refractivity contribution in [1.82, 2.24) is 19.8 Å². The Labute approximate surface area is 183 Å². The predicted molar refractivity (Wildman–Crippen MR) is 122 cm³/mol. The Morgan fingerprint density at radius 1 is 1.20 bits per heavy atom. The van der Waals surface area contributed by atoms with E-state index in [1.54, 1.807) is 0 Å². The highest BCUT2D eigenvalue weighted by Gasteiger charge is 2.26. The maximum absolute atomic E-state index is 12.7. The lowest BCUT2D eigenvalue weighted by atomic mass is 9.97. The van der Waals surface area contributed by atoms with Gasteiger partial charge in [-0.3, -0.25) is 9.69 Å². The number of para-hydroxylation sites is 2. The third-order valence-electron chi connectivity index (χ3n) is 5.92. The number of carbonyl (C=O) groups is 1. The molecule has 158 valence electrons. The molecule has 0 unspecified atom stereocenters. The molecule has 30 heavy (non-hydrogen) atoms. The van der Waals surface area contributed by atoms with Gasteiger partial charge in [0.15, 0.2) is 0 Å². The van der Waals surface area contributed by atoms with E-state index >= 15 is 0 Å². The van der Waals surface area contributed by atoms with Crippen molar-refractivity contribution >= 4 is 28.5 Å². The van der Waals surface area contributed by atoms with Gasteiger partial charge in [0.05, 0.1) is 23.5 Å². The SMILES string of the molecule is CCn1c(CN2CCC[C@H](C(=O)NCCc3ccc(Cl)cc3)C2)nc2ccccc21. The van der Waals surface area contributed by atoms with Crippen molar-refractivity contribution in [2.45, 2.75) is 39.3 Å². The zero-order valence-corrected chi connectivity index (χ0v) is 18.2. The van der Waals surface area contributed by atoms with Crippen molar-refractivity contribution in [2.75, 3.05) is 19.6 Å². The normalized spacial score (nSPS) is 17.3. The molecule has 0 spiro atoms. The van der Waals surface area contributed by atoms with Crippen molar-refractivity contribution in [3.05, 3.63) is 64.9 Å². The van der Waals surface area contributed by atoms with E-state index in [0.29, 0.717) is 6.54 Å². The quantitative estimate of drug-likeness (QED) is 0.615. The van der Waals surface area contributed by atoms with Crippen LogP contribution in [0.2, 0.25) is 5.02 Å². The molecule has 5 nitrogen and oxygen atoms in total. The number of aryl methyl sites for hydroxylation is 1. The number of benzene rings is 2. The molecular weight excluding hydrogens is 396 g/mol. The highest BCUT2D eigenvalue weighted by atomic mass is 35.5. The van der Waals surface area contributed by atoms with Crippen molar-refractivity contribution in [3.8, 4) is 0 Å². The van der Waals surface area contributed by atoms with Crippen LogP contribution in [0.15, 0.2) is 48.5 Å². The fourth-order valence-electron chi connectivity index (χ4n) is 4.34. The lowest BCUT2D eigenvalue weighted by Gasteiger charge is -2.31. The van der Waals surface area contributed by atoms with E-state index in [9.17, 15) is 4.79 Å². The molecule has 0 radical (unpaired) electrons. The number of piperidine rings is 1. The molecule has 1 amide bonds. The number of rotatable bonds is 7. The Morgan fingerprint density at radius 3 is 2.80 bits per heavy atom. The molecular formula is C24H29ClN4O. The fourth-order valence-corrected chi connectivity index (χ4v) is 4.46. The van der Waals surface area contributed by atoms with E-state index in [1.165, 1.54) is 11.1 Å². The number of nitrogens with zero attached hydrogens (tertiary/aromatic N) is 3. The van der Waals surface area contributed by atoms with E-state index in [1.807, 2.05) is 30.3 Å². The molecule has 0 saturated carbocycles. The van der Waals surface area contributed by atoms with Crippen LogP contribution in [-0.4, -0.2) is 40.0 Å². The number of halogens is 1. The van der Waals surface area contributed by atoms with E-state index in [-0.39, 0.29) is 11.8 Å². The van der Waals surface area contributed by atoms with E-state index in [4.69, 9.17) is 16.6 Å². The van der Waals surface area contributed by atoms with Gasteiger partial charge in [-0.1, -0.05) is 35.9 Å². The monoisotopic (exact) mass is 424 g/mol. The summed E-state index contributed by atoms with van der Waals surface area (Å²) in [4.78, 5) is 19.9. The van der Waals surface area contributed by atoms with Crippen LogP contribution in [0, 0.1) is 5.92 Å². The average molecular weight is 425 g/mol. The first-order valence-electron chi connectivity index (χ1n) is 10.8. The summed E-state index contributed by atoms with van der Waals surface area (Å²) in [6.07, 6.45) is 2.81. The Kier molecular flexibility index (Phi) is 6.70. The van der Waals surface area contributed by atoms with Crippen molar-refractivity contribution < 1.29 is 4.79 Å². The second kappa shape index (κ2) is 9.63. The Bertz CT molecular complexity index is 998. The van der Waals surface area contributed by atoms with Crippen LogP contribution in [0.3, 0.4) is 0 Å². The van der Waals surface area contributed by atoms with Gasteiger partial charge in [0, 0.05) is 24.7 Å². The summed E-state index contributed by atoms with van der Waals surface area (Å²) in [5.74, 6) is 1.29. The average Bonchev–Trinajstić information content (AvgIpc) is 3.12. The lowest BCUT2D eigenvalue weighted by molar-refractivity contribution is -0.126. The largest absolute Gasteiger partial charge is 0.355 e. The van der Waals surface area contributed by atoms with Gasteiger partial charge in [0.1, 0.15) is 5.82 Å². The minimum absolute atomic E-state index is 0.0448. The highest BCUT2D eigenvalue weighted by molar-refractivity contribution is 6.30. The molecule has 4 rings (SSSR count). The lowest BCUT2D eigenvalue weighted by Crippen LogP contribution is -2.43. The zero-order chi connectivity index (χ0) is 20.9. The van der Waals surface area contributed by atoms with Crippen molar-refractivity contribution in [2.24, 2.45) is 5.92 Å². The molecule has 2 heterocycles. The zero-order valence-electron chi connectivity index (χ0n) is 17.5. The number of amides is 1. The van der Waals surface area contributed by atoms with Gasteiger partial charge in [-0.2, -0.15) is 0 Å². The van der Waals surface area contributed by atoms with E-state index in [2.05, 4.69) is 39.9 Å². The number of imidazole rings is 1. The summed E-state index contributed by atoms with van der Waals surface area (Å²) in [5, 5.41) is 3.86. The van der Waals surface area contributed by atoms with Gasteiger partial charge in [-0.15, -0.1) is 0 Å². The first kappa shape index (κ1) is 20.9. The summed E-state index contributed by atoms with van der Waals surface area (Å²) in [6, 6.07) is 16.1. The van der Waals surface area contributed by atoms with Gasteiger partial charge in [-0.05, 0) is 62.6 Å². The van der Waals surface area contributed by atoms with Crippen LogP contribution in [0.1, 0.15) is 31.2 Å². The van der Waals surface area contributed by atoms with Crippen LogP contribution in [0.25, 0.3) is 11.0 Å². The first-order valence-corrected chi connectivity index (χ1v) is 11.2. The van der Waals surface area contributed by atoms with Crippen LogP contribution < -0.4 is 5.32 Å². The first-order chi connectivity index (χ1) is 14.6. The number of carbonyl (C=O) groups excluding carboxylic acids is 1. The predicted octanol–water partition coefficient (Wildman–Crippen LogP) is 4.28. The molecule has 1 aromatic heterocycles. The molecule has 0 bridgehead atoms. The van der Waals surface area contributed by atoms with Crippen LogP contribution >= 0.6 is 11.6 Å². The van der Waals surface area contributed by atoms with Gasteiger partial charge in [-0.25, -0.2) is 4.98 Å². The second-order valence-corrected chi connectivity index (χ2v) is 8.44. The summed E-state index contributed by atoms with van der Waals surface area (Å²) >= 11 is 5.93. The van der Waals surface area contributed by atoms with Crippen molar-refractivity contribution in [3.63, 3.8) is 0 Å². The minimum atomic E-state index is 0.0448. The third kappa shape index (κ3) is 4.85. The maximum atomic E-state index is 12.7. The maximum Gasteiger partial charge on any atom is 0.224 e. The standard InChI is InChI=1S/C24H29ClN4O/c1-2-29-22-8-4-3-7-21(22)27-23(29)17-28-15-5-6-19(16-28)24(30)26-14-13-18-9-11-20(25)12-10-18/h3-4,7-12,19H,2,5-6,13-17H2,1H3,(H,26,30)/t19-/m0/s1. The summed E-state index contributed by atoms with van der Waals surface area (Å²) in [6.45, 7) is 6.31. The van der Waals surface area contributed by atoms with Crippen LogP contribution in [-0.2, 0) is 24.3 Å². The number of hydrogen-bond donors (Lipinski definition) is 1.